The molecule has 17 nitrogen and oxygen atoms in total. The second-order valence-corrected chi connectivity index (χ2v) is 27.8. The summed E-state index contributed by atoms with van der Waals surface area (Å²) >= 11 is 0. The van der Waals surface area contributed by atoms with E-state index in [4.69, 9.17) is 37.0 Å². The van der Waals surface area contributed by atoms with Gasteiger partial charge in [0.1, 0.15) is 19.3 Å². The van der Waals surface area contributed by atoms with Gasteiger partial charge in [-0.05, 0) is 83.5 Å². The Hall–Kier alpha value is -2.98. The molecule has 0 aliphatic rings. The van der Waals surface area contributed by atoms with Gasteiger partial charge in [0.2, 0.25) is 0 Å². The van der Waals surface area contributed by atoms with Crippen LogP contribution in [0.25, 0.3) is 0 Å². The molecule has 0 saturated heterocycles. The lowest BCUT2D eigenvalue weighted by Gasteiger charge is -2.21. The molecule has 3 N–H and O–H groups in total. The number of phosphoric ester groups is 2. The number of esters is 4. The number of ether oxygens (including phenoxy) is 4. The van der Waals surface area contributed by atoms with Gasteiger partial charge in [-0.25, -0.2) is 9.13 Å². The lowest BCUT2D eigenvalue weighted by Crippen LogP contribution is -2.30. The number of carbonyl (C=O) groups is 4. The number of aliphatic hydroxyl groups is 1. The van der Waals surface area contributed by atoms with E-state index in [0.717, 1.165) is 141 Å². The van der Waals surface area contributed by atoms with Gasteiger partial charge in [0.05, 0.1) is 26.4 Å². The molecule has 0 aliphatic heterocycles. The molecule has 5 atom stereocenters. The number of unbranched alkanes of at least 4 members (excludes halogenated alkanes) is 36. The fraction of sp³-hybridized carbons (Fsp3) is 0.836. The SMILES string of the molecule is CC/C=C\C/C=C\C/C=C\CCCCCCCC(=O)OCC(COP(=O)(O)OCC(O)COP(=O)(O)OCC(COC(=O)CCCCCCC/C=C\CCCCCC)OC(=O)CCCCCCCCCCCCC)OC(=O)CCCCCCCCCCCCCCC. The Morgan fingerprint density at radius 2 is 0.565 bits per heavy atom. The van der Waals surface area contributed by atoms with Gasteiger partial charge in [-0.1, -0.05) is 275 Å². The van der Waals surface area contributed by atoms with Crippen molar-refractivity contribution in [3.8, 4) is 0 Å². The monoisotopic (exact) mass is 1340 g/mol. The van der Waals surface area contributed by atoms with E-state index in [0.29, 0.717) is 25.7 Å². The summed E-state index contributed by atoms with van der Waals surface area (Å²) in [5.74, 6) is -2.17. The third-order valence-corrected chi connectivity index (χ3v) is 17.7. The largest absolute Gasteiger partial charge is 0.472 e. The van der Waals surface area contributed by atoms with Crippen LogP contribution in [0.15, 0.2) is 48.6 Å². The van der Waals surface area contributed by atoms with Crippen LogP contribution < -0.4 is 0 Å². The van der Waals surface area contributed by atoms with Crippen molar-refractivity contribution >= 4 is 39.5 Å². The number of aliphatic hydroxyl groups excluding tert-OH is 1. The molecule has 0 saturated carbocycles. The van der Waals surface area contributed by atoms with E-state index in [1.165, 1.54) is 116 Å². The molecule has 0 aromatic rings. The van der Waals surface area contributed by atoms with Crippen LogP contribution in [-0.4, -0.2) is 96.7 Å². The predicted molar refractivity (Wildman–Crippen MR) is 372 cm³/mol. The van der Waals surface area contributed by atoms with E-state index in [9.17, 15) is 43.2 Å². The van der Waals surface area contributed by atoms with E-state index in [1.807, 2.05) is 0 Å². The summed E-state index contributed by atoms with van der Waals surface area (Å²) in [6.07, 6.45) is 61.1. The lowest BCUT2D eigenvalue weighted by atomic mass is 10.0. The summed E-state index contributed by atoms with van der Waals surface area (Å²) in [7, 11) is -9.92. The van der Waals surface area contributed by atoms with Gasteiger partial charge >= 0.3 is 39.5 Å². The maximum absolute atomic E-state index is 13.0. The van der Waals surface area contributed by atoms with Crippen LogP contribution in [0.1, 0.15) is 336 Å². The first-order valence-corrected chi connectivity index (χ1v) is 39.9. The summed E-state index contributed by atoms with van der Waals surface area (Å²) in [6, 6.07) is 0. The molecule has 0 fully saturated rings. The number of rotatable bonds is 70. The zero-order valence-electron chi connectivity index (χ0n) is 58.5. The van der Waals surface area contributed by atoms with Gasteiger partial charge in [0.15, 0.2) is 12.2 Å². The molecule has 0 amide bonds. The summed E-state index contributed by atoms with van der Waals surface area (Å²) in [4.78, 5) is 72.6. The highest BCUT2D eigenvalue weighted by Crippen LogP contribution is 2.45. The number of hydrogen-bond acceptors (Lipinski definition) is 15. The molecule has 0 spiro atoms. The molecular weight excluding hydrogens is 1210 g/mol. The fourth-order valence-corrected chi connectivity index (χ4v) is 11.8. The zero-order valence-corrected chi connectivity index (χ0v) is 60.3. The van der Waals surface area contributed by atoms with Crippen molar-refractivity contribution in [2.75, 3.05) is 39.6 Å². The van der Waals surface area contributed by atoms with E-state index in [2.05, 4.69) is 76.3 Å². The Labute approximate surface area is 559 Å². The quantitative estimate of drug-likeness (QED) is 0.0169. The minimum atomic E-state index is -4.96. The molecular formula is C73H134O17P2. The molecule has 0 aromatic carbocycles. The zero-order chi connectivity index (χ0) is 67.5. The highest BCUT2D eigenvalue weighted by Gasteiger charge is 2.30. The molecule has 0 aliphatic carbocycles. The van der Waals surface area contributed by atoms with E-state index in [-0.39, 0.29) is 25.7 Å². The van der Waals surface area contributed by atoms with Gasteiger partial charge in [-0.3, -0.25) is 37.3 Å². The Bertz CT molecular complexity index is 1940. The van der Waals surface area contributed by atoms with Crippen LogP contribution in [-0.2, 0) is 65.4 Å². The van der Waals surface area contributed by atoms with Crippen molar-refractivity contribution in [3.05, 3.63) is 48.6 Å². The number of allylic oxidation sites excluding steroid dienone is 8. The van der Waals surface area contributed by atoms with Crippen molar-refractivity contribution in [3.63, 3.8) is 0 Å². The third-order valence-electron chi connectivity index (χ3n) is 15.8. The molecule has 0 aromatic heterocycles. The molecule has 0 heterocycles. The second kappa shape index (κ2) is 66.6. The Balaban J connectivity index is 5.30. The fourth-order valence-electron chi connectivity index (χ4n) is 10.2. The first-order chi connectivity index (χ1) is 44.7. The minimum absolute atomic E-state index is 0.0981. The highest BCUT2D eigenvalue weighted by atomic mass is 31.2. The Morgan fingerprint density at radius 3 is 0.891 bits per heavy atom. The van der Waals surface area contributed by atoms with E-state index in [1.54, 1.807) is 0 Å². The highest BCUT2D eigenvalue weighted by molar-refractivity contribution is 7.47. The Morgan fingerprint density at radius 1 is 0.315 bits per heavy atom. The van der Waals surface area contributed by atoms with Gasteiger partial charge in [-0.15, -0.1) is 0 Å². The normalized spacial score (nSPS) is 14.3. The number of hydrogen-bond donors (Lipinski definition) is 3. The number of phosphoric acid groups is 2. The molecule has 19 heteroatoms. The molecule has 0 radical (unpaired) electrons. The number of carbonyl (C=O) groups excluding carboxylic acids is 4. The Kier molecular flexibility index (Phi) is 64.5. The van der Waals surface area contributed by atoms with Crippen LogP contribution >= 0.6 is 15.6 Å². The van der Waals surface area contributed by atoms with Crippen molar-refractivity contribution in [2.45, 2.75) is 354 Å². The van der Waals surface area contributed by atoms with Crippen LogP contribution in [0, 0.1) is 0 Å². The van der Waals surface area contributed by atoms with Crippen molar-refractivity contribution in [1.29, 1.82) is 0 Å². The summed E-state index contributed by atoms with van der Waals surface area (Å²) in [5.41, 5.74) is 0. The van der Waals surface area contributed by atoms with Crippen molar-refractivity contribution in [2.24, 2.45) is 0 Å². The average Bonchev–Trinajstić information content (AvgIpc) is 2.73. The maximum Gasteiger partial charge on any atom is 0.472 e. The van der Waals surface area contributed by atoms with Crippen LogP contribution in [0.2, 0.25) is 0 Å². The maximum atomic E-state index is 13.0. The van der Waals surface area contributed by atoms with Crippen LogP contribution in [0.3, 0.4) is 0 Å². The lowest BCUT2D eigenvalue weighted by molar-refractivity contribution is -0.161. The molecule has 5 unspecified atom stereocenters. The van der Waals surface area contributed by atoms with Crippen LogP contribution in [0.4, 0.5) is 0 Å². The molecule has 0 bridgehead atoms. The van der Waals surface area contributed by atoms with E-state index < -0.39 is 97.5 Å². The molecule has 92 heavy (non-hydrogen) atoms. The predicted octanol–water partition coefficient (Wildman–Crippen LogP) is 20.6. The minimum Gasteiger partial charge on any atom is -0.462 e. The van der Waals surface area contributed by atoms with Crippen LogP contribution in [0.5, 0.6) is 0 Å². The topological polar surface area (TPSA) is 237 Å². The van der Waals surface area contributed by atoms with Gasteiger partial charge < -0.3 is 33.8 Å². The summed E-state index contributed by atoms with van der Waals surface area (Å²) in [6.45, 7) is 4.76. The van der Waals surface area contributed by atoms with Crippen molar-refractivity contribution in [1.82, 2.24) is 0 Å². The molecule has 538 valence electrons. The van der Waals surface area contributed by atoms with Gasteiger partial charge in [-0.2, -0.15) is 0 Å². The second-order valence-electron chi connectivity index (χ2n) is 24.9. The van der Waals surface area contributed by atoms with Gasteiger partial charge in [0, 0.05) is 25.7 Å². The smallest absolute Gasteiger partial charge is 0.462 e. The standard InChI is InChI=1S/C73H134O17P2/c1-5-9-13-17-21-25-29-32-33-36-39-42-46-50-54-58-71(76)84-64-69(90-73(78)60-56-52-48-44-40-35-31-27-23-19-15-11-7-3)66-88-92(81,82)86-62-67(74)61-85-91(79,80)87-65-68(89-72(77)59-55-51-47-43-37-28-24-20-16-12-8-4)63-83-70(75)57-53-49-45-41-38-34-30-26-22-18-14-10-6-2/h9,13,21,25-26,30,32-33,67-69,74H,5-8,10-12,14-20,22-24,27-29,31,34-66H2,1-4H3,(H,79,80)(H,81,82)/b13-9-,25-21-,30-26-,33-32-. The first-order valence-electron chi connectivity index (χ1n) is 36.9. The first kappa shape index (κ1) is 89.0. The van der Waals surface area contributed by atoms with Crippen molar-refractivity contribution < 1.29 is 80.2 Å². The molecule has 0 rings (SSSR count). The third kappa shape index (κ3) is 65.7. The van der Waals surface area contributed by atoms with Gasteiger partial charge in [0.25, 0.3) is 0 Å². The average molecular weight is 1350 g/mol. The van der Waals surface area contributed by atoms with E-state index >= 15 is 0 Å². The summed E-state index contributed by atoms with van der Waals surface area (Å²) < 4.78 is 68.3. The summed E-state index contributed by atoms with van der Waals surface area (Å²) in [5, 5.41) is 10.6.